The number of ether oxygens (including phenoxy) is 1. The summed E-state index contributed by atoms with van der Waals surface area (Å²) in [6.07, 6.45) is 5.45. The van der Waals surface area contributed by atoms with Gasteiger partial charge in [0.1, 0.15) is 12.3 Å². The summed E-state index contributed by atoms with van der Waals surface area (Å²) in [5, 5.41) is 2.91. The Bertz CT molecular complexity index is 749. The third kappa shape index (κ3) is 6.12. The van der Waals surface area contributed by atoms with Crippen LogP contribution in [0.5, 0.6) is 5.75 Å². The summed E-state index contributed by atoms with van der Waals surface area (Å²) in [6, 6.07) is 19.9. The van der Waals surface area contributed by atoms with E-state index in [0.717, 1.165) is 25.7 Å². The molecule has 5 nitrogen and oxygen atoms in total. The van der Waals surface area contributed by atoms with Crippen LogP contribution >= 0.6 is 0 Å². The first-order valence-corrected chi connectivity index (χ1v) is 10.0. The van der Waals surface area contributed by atoms with Crippen LogP contribution in [-0.2, 0) is 16.0 Å². The first-order chi connectivity index (χ1) is 13.7. The maximum Gasteiger partial charge on any atom is 0.239 e. The van der Waals surface area contributed by atoms with Crippen molar-refractivity contribution in [2.45, 2.75) is 44.8 Å². The molecule has 1 aliphatic heterocycles. The summed E-state index contributed by atoms with van der Waals surface area (Å²) in [6.45, 7) is 0.709. The molecule has 1 fully saturated rings. The van der Waals surface area contributed by atoms with Gasteiger partial charge in [0.2, 0.25) is 11.8 Å². The maximum atomic E-state index is 12.1. The van der Waals surface area contributed by atoms with Crippen molar-refractivity contribution in [1.82, 2.24) is 10.2 Å². The van der Waals surface area contributed by atoms with E-state index in [1.54, 1.807) is 0 Å². The molecular formula is C23H28N2O3. The summed E-state index contributed by atoms with van der Waals surface area (Å²) in [5.41, 5.74) is 1.38. The molecule has 1 N–H and O–H groups in total. The van der Waals surface area contributed by atoms with E-state index in [2.05, 4.69) is 29.6 Å². The molecule has 0 saturated carbocycles. The van der Waals surface area contributed by atoms with Crippen LogP contribution in [0.15, 0.2) is 60.7 Å². The van der Waals surface area contributed by atoms with Gasteiger partial charge in [-0.25, -0.2) is 0 Å². The molecule has 1 atom stereocenters. The van der Waals surface area contributed by atoms with Gasteiger partial charge in [0.05, 0.1) is 6.42 Å². The normalized spacial score (nSPS) is 15.8. The number of aryl methyl sites for hydroxylation is 1. The van der Waals surface area contributed by atoms with Crippen LogP contribution in [0.2, 0.25) is 0 Å². The minimum atomic E-state index is -0.348. The molecule has 1 unspecified atom stereocenters. The van der Waals surface area contributed by atoms with Crippen LogP contribution in [0.25, 0.3) is 0 Å². The van der Waals surface area contributed by atoms with Gasteiger partial charge in [-0.3, -0.25) is 14.5 Å². The SMILES string of the molecule is O=C(CN1C(=O)CC1Oc1ccccc1)NCCCCCCc1ccccc1. The van der Waals surface area contributed by atoms with Crippen LogP contribution in [-0.4, -0.2) is 36.0 Å². The lowest BCUT2D eigenvalue weighted by atomic mass is 10.1. The largest absolute Gasteiger partial charge is 0.470 e. The second-order valence-corrected chi connectivity index (χ2v) is 7.11. The van der Waals surface area contributed by atoms with Crippen molar-refractivity contribution in [3.8, 4) is 5.75 Å². The van der Waals surface area contributed by atoms with Crippen molar-refractivity contribution in [3.05, 3.63) is 66.2 Å². The van der Waals surface area contributed by atoms with E-state index in [0.29, 0.717) is 18.7 Å². The van der Waals surface area contributed by atoms with Gasteiger partial charge < -0.3 is 10.1 Å². The molecule has 0 spiro atoms. The summed E-state index contributed by atoms with van der Waals surface area (Å²) in [4.78, 5) is 25.4. The second-order valence-electron chi connectivity index (χ2n) is 7.11. The highest BCUT2D eigenvalue weighted by Gasteiger charge is 2.38. The number of rotatable bonds is 11. The molecule has 5 heteroatoms. The molecule has 0 aliphatic carbocycles. The number of carbonyl (C=O) groups excluding carboxylic acids is 2. The van der Waals surface area contributed by atoms with E-state index in [-0.39, 0.29) is 24.6 Å². The average molecular weight is 380 g/mol. The van der Waals surface area contributed by atoms with E-state index in [9.17, 15) is 9.59 Å². The monoisotopic (exact) mass is 380 g/mol. The first kappa shape index (κ1) is 19.9. The highest BCUT2D eigenvalue weighted by Crippen LogP contribution is 2.23. The second kappa shape index (κ2) is 10.5. The van der Waals surface area contributed by atoms with E-state index < -0.39 is 0 Å². The highest BCUT2D eigenvalue weighted by atomic mass is 16.5. The van der Waals surface area contributed by atoms with Crippen LogP contribution in [0.1, 0.15) is 37.7 Å². The van der Waals surface area contributed by atoms with Gasteiger partial charge in [-0.1, -0.05) is 61.4 Å². The zero-order chi connectivity index (χ0) is 19.6. The molecule has 0 radical (unpaired) electrons. The summed E-state index contributed by atoms with van der Waals surface area (Å²) < 4.78 is 5.77. The molecule has 2 amide bonds. The molecule has 3 rings (SSSR count). The Labute approximate surface area is 166 Å². The zero-order valence-corrected chi connectivity index (χ0v) is 16.2. The Morgan fingerprint density at radius 3 is 2.36 bits per heavy atom. The van der Waals surface area contributed by atoms with Crippen LogP contribution < -0.4 is 10.1 Å². The number of hydrogen-bond acceptors (Lipinski definition) is 3. The minimum absolute atomic E-state index is 0.0445. The third-order valence-electron chi connectivity index (χ3n) is 4.90. The van der Waals surface area contributed by atoms with Crippen LogP contribution in [0.3, 0.4) is 0 Å². The molecule has 1 heterocycles. The number of β-lactam (4-membered cyclic amide) rings is 1. The van der Waals surface area contributed by atoms with E-state index >= 15 is 0 Å². The van der Waals surface area contributed by atoms with Gasteiger partial charge in [-0.15, -0.1) is 0 Å². The van der Waals surface area contributed by atoms with Gasteiger partial charge >= 0.3 is 0 Å². The number of unbranched alkanes of at least 4 members (excludes halogenated alkanes) is 3. The number of hydrogen-bond donors (Lipinski definition) is 1. The molecule has 2 aromatic rings. The lowest BCUT2D eigenvalue weighted by Crippen LogP contribution is -2.58. The number of amides is 2. The Kier molecular flexibility index (Phi) is 7.47. The standard InChI is InChI=1S/C23H28N2O3/c26-21(24-16-10-2-1-5-11-19-12-6-3-7-13-19)18-25-22(27)17-23(25)28-20-14-8-4-9-15-20/h3-4,6-9,12-15,23H,1-2,5,10-11,16-18H2,(H,24,26). The van der Waals surface area contributed by atoms with Crippen molar-refractivity contribution in [1.29, 1.82) is 0 Å². The average Bonchev–Trinajstić information content (AvgIpc) is 2.72. The fourth-order valence-corrected chi connectivity index (χ4v) is 3.27. The molecule has 28 heavy (non-hydrogen) atoms. The maximum absolute atomic E-state index is 12.1. The van der Waals surface area contributed by atoms with Crippen LogP contribution in [0.4, 0.5) is 0 Å². The van der Waals surface area contributed by atoms with Gasteiger partial charge in [-0.2, -0.15) is 0 Å². The van der Waals surface area contributed by atoms with E-state index in [1.807, 2.05) is 36.4 Å². The van der Waals surface area contributed by atoms with Crippen molar-refractivity contribution in [2.75, 3.05) is 13.1 Å². The number of nitrogens with zero attached hydrogens (tertiary/aromatic N) is 1. The lowest BCUT2D eigenvalue weighted by Gasteiger charge is -2.39. The first-order valence-electron chi connectivity index (χ1n) is 10.0. The number of para-hydroxylation sites is 1. The van der Waals surface area contributed by atoms with E-state index in [4.69, 9.17) is 4.74 Å². The summed E-state index contributed by atoms with van der Waals surface area (Å²) in [7, 11) is 0. The predicted octanol–water partition coefficient (Wildman–Crippen LogP) is 3.54. The van der Waals surface area contributed by atoms with Crippen molar-refractivity contribution >= 4 is 11.8 Å². The summed E-state index contributed by atoms with van der Waals surface area (Å²) >= 11 is 0. The quantitative estimate of drug-likeness (QED) is 0.479. The Hall–Kier alpha value is -2.82. The fourth-order valence-electron chi connectivity index (χ4n) is 3.27. The van der Waals surface area contributed by atoms with Gasteiger partial charge in [0, 0.05) is 6.54 Å². The Morgan fingerprint density at radius 1 is 0.964 bits per heavy atom. The molecule has 2 aromatic carbocycles. The third-order valence-corrected chi connectivity index (χ3v) is 4.90. The number of nitrogens with one attached hydrogen (secondary N) is 1. The van der Waals surface area contributed by atoms with E-state index in [1.165, 1.54) is 16.9 Å². The molecule has 1 saturated heterocycles. The van der Waals surface area contributed by atoms with Gasteiger partial charge in [-0.05, 0) is 37.0 Å². The Balaban J connectivity index is 1.26. The zero-order valence-electron chi connectivity index (χ0n) is 16.2. The summed E-state index contributed by atoms with van der Waals surface area (Å²) in [5.74, 6) is 0.539. The number of likely N-dealkylation sites (tertiary alicyclic amines) is 1. The van der Waals surface area contributed by atoms with Crippen molar-refractivity contribution in [3.63, 3.8) is 0 Å². The fraction of sp³-hybridized carbons (Fsp3) is 0.391. The number of benzene rings is 2. The molecule has 1 aliphatic rings. The molecule has 0 bridgehead atoms. The van der Waals surface area contributed by atoms with Gasteiger partial charge in [0.15, 0.2) is 6.23 Å². The highest BCUT2D eigenvalue weighted by molar-refractivity contribution is 5.88. The predicted molar refractivity (Wildman–Crippen MR) is 109 cm³/mol. The topological polar surface area (TPSA) is 58.6 Å². The van der Waals surface area contributed by atoms with Gasteiger partial charge in [0.25, 0.3) is 0 Å². The lowest BCUT2D eigenvalue weighted by molar-refractivity contribution is -0.163. The number of carbonyl (C=O) groups is 2. The molecule has 148 valence electrons. The molecular weight excluding hydrogens is 352 g/mol. The van der Waals surface area contributed by atoms with Crippen molar-refractivity contribution in [2.24, 2.45) is 0 Å². The Morgan fingerprint density at radius 2 is 1.64 bits per heavy atom. The molecule has 0 aromatic heterocycles. The van der Waals surface area contributed by atoms with Crippen LogP contribution in [0, 0.1) is 0 Å². The minimum Gasteiger partial charge on any atom is -0.470 e. The smallest absolute Gasteiger partial charge is 0.239 e. The van der Waals surface area contributed by atoms with Crippen molar-refractivity contribution < 1.29 is 14.3 Å².